The highest BCUT2D eigenvalue weighted by Gasteiger charge is 2.20. The lowest BCUT2D eigenvalue weighted by Crippen LogP contribution is -2.20. The summed E-state index contributed by atoms with van der Waals surface area (Å²) in [5.74, 6) is 0.958. The molecule has 1 heterocycles. The standard InChI is InChI=1S/C16H14N2O/c17-11-12-5-7-13(8-6-12)18-15-9-10-19-16-4-2-1-3-14(15)16/h1-8,15,18H,9-10H2. The van der Waals surface area contributed by atoms with E-state index in [1.807, 2.05) is 42.5 Å². The highest BCUT2D eigenvalue weighted by Crippen LogP contribution is 2.33. The number of ether oxygens (including phenoxy) is 1. The van der Waals surface area contributed by atoms with Crippen LogP contribution in [0.3, 0.4) is 0 Å². The normalized spacial score (nSPS) is 16.9. The zero-order valence-corrected chi connectivity index (χ0v) is 10.5. The van der Waals surface area contributed by atoms with Crippen LogP contribution >= 0.6 is 0 Å². The van der Waals surface area contributed by atoms with Crippen molar-refractivity contribution in [2.75, 3.05) is 11.9 Å². The molecular formula is C16H14N2O. The van der Waals surface area contributed by atoms with Gasteiger partial charge in [0.25, 0.3) is 0 Å². The molecule has 1 atom stereocenters. The van der Waals surface area contributed by atoms with Crippen molar-refractivity contribution in [2.45, 2.75) is 12.5 Å². The van der Waals surface area contributed by atoms with E-state index in [4.69, 9.17) is 10.00 Å². The number of rotatable bonds is 2. The van der Waals surface area contributed by atoms with Crippen molar-refractivity contribution in [3.05, 3.63) is 59.7 Å². The van der Waals surface area contributed by atoms with E-state index >= 15 is 0 Å². The Balaban J connectivity index is 1.82. The number of hydrogen-bond donors (Lipinski definition) is 1. The van der Waals surface area contributed by atoms with Crippen molar-refractivity contribution in [3.63, 3.8) is 0 Å². The summed E-state index contributed by atoms with van der Waals surface area (Å²) in [6, 6.07) is 18.0. The molecule has 1 aliphatic heterocycles. The van der Waals surface area contributed by atoms with Gasteiger partial charge in [-0.2, -0.15) is 5.26 Å². The van der Waals surface area contributed by atoms with Gasteiger partial charge in [-0.25, -0.2) is 0 Å². The Bertz CT molecular complexity index is 613. The maximum Gasteiger partial charge on any atom is 0.124 e. The third kappa shape index (κ3) is 2.38. The Labute approximate surface area is 112 Å². The van der Waals surface area contributed by atoms with Gasteiger partial charge in [0.1, 0.15) is 5.75 Å². The van der Waals surface area contributed by atoms with Gasteiger partial charge < -0.3 is 10.1 Å². The summed E-state index contributed by atoms with van der Waals surface area (Å²) < 4.78 is 5.64. The van der Waals surface area contributed by atoms with E-state index < -0.39 is 0 Å². The van der Waals surface area contributed by atoms with Crippen LogP contribution in [0.5, 0.6) is 5.75 Å². The first-order valence-corrected chi connectivity index (χ1v) is 6.35. The van der Waals surface area contributed by atoms with E-state index in [-0.39, 0.29) is 6.04 Å². The predicted molar refractivity (Wildman–Crippen MR) is 74.1 cm³/mol. The van der Waals surface area contributed by atoms with Crippen LogP contribution in [0, 0.1) is 11.3 Å². The van der Waals surface area contributed by atoms with Gasteiger partial charge in [0.05, 0.1) is 24.3 Å². The summed E-state index contributed by atoms with van der Waals surface area (Å²) in [6.45, 7) is 0.727. The molecule has 0 radical (unpaired) electrons. The van der Waals surface area contributed by atoms with Crippen LogP contribution in [0.4, 0.5) is 5.69 Å². The molecule has 1 N–H and O–H groups in total. The van der Waals surface area contributed by atoms with E-state index in [9.17, 15) is 0 Å². The van der Waals surface area contributed by atoms with Crippen molar-refractivity contribution in [1.29, 1.82) is 5.26 Å². The second kappa shape index (κ2) is 5.03. The zero-order valence-electron chi connectivity index (χ0n) is 10.5. The molecule has 3 nitrogen and oxygen atoms in total. The maximum absolute atomic E-state index is 8.79. The number of nitrogens with one attached hydrogen (secondary N) is 1. The van der Waals surface area contributed by atoms with Crippen LogP contribution in [0.25, 0.3) is 0 Å². The van der Waals surface area contributed by atoms with Gasteiger partial charge >= 0.3 is 0 Å². The molecule has 3 rings (SSSR count). The Morgan fingerprint density at radius 1 is 1.11 bits per heavy atom. The fourth-order valence-electron chi connectivity index (χ4n) is 2.33. The van der Waals surface area contributed by atoms with Gasteiger partial charge in [0, 0.05) is 17.7 Å². The molecule has 0 bridgehead atoms. The first-order chi connectivity index (χ1) is 9.36. The van der Waals surface area contributed by atoms with Crippen LogP contribution < -0.4 is 10.1 Å². The van der Waals surface area contributed by atoms with Gasteiger partial charge in [0.15, 0.2) is 0 Å². The largest absolute Gasteiger partial charge is 0.493 e. The number of anilines is 1. The molecule has 19 heavy (non-hydrogen) atoms. The van der Waals surface area contributed by atoms with E-state index in [0.717, 1.165) is 24.5 Å². The van der Waals surface area contributed by atoms with Crippen LogP contribution in [0.2, 0.25) is 0 Å². The molecule has 0 saturated carbocycles. The summed E-state index contributed by atoms with van der Waals surface area (Å²) in [6.07, 6.45) is 0.941. The molecule has 0 aliphatic carbocycles. The summed E-state index contributed by atoms with van der Waals surface area (Å²) in [5, 5.41) is 12.3. The van der Waals surface area contributed by atoms with E-state index in [2.05, 4.69) is 17.5 Å². The minimum atomic E-state index is 0.262. The smallest absolute Gasteiger partial charge is 0.124 e. The molecule has 2 aromatic rings. The SMILES string of the molecule is N#Cc1ccc(NC2CCOc3ccccc32)cc1. The summed E-state index contributed by atoms with van der Waals surface area (Å²) in [5.41, 5.74) is 2.90. The average Bonchev–Trinajstić information content (AvgIpc) is 2.48. The van der Waals surface area contributed by atoms with Crippen molar-refractivity contribution >= 4 is 5.69 Å². The highest BCUT2D eigenvalue weighted by molar-refractivity contribution is 5.50. The molecule has 3 heteroatoms. The molecular weight excluding hydrogens is 236 g/mol. The fraction of sp³-hybridized carbons (Fsp3) is 0.188. The third-order valence-electron chi connectivity index (χ3n) is 3.31. The molecule has 0 amide bonds. The van der Waals surface area contributed by atoms with Gasteiger partial charge in [-0.3, -0.25) is 0 Å². The minimum absolute atomic E-state index is 0.262. The van der Waals surface area contributed by atoms with E-state index in [1.165, 1.54) is 5.56 Å². The predicted octanol–water partition coefficient (Wildman–Crippen LogP) is 3.49. The minimum Gasteiger partial charge on any atom is -0.493 e. The van der Waals surface area contributed by atoms with Gasteiger partial charge in [-0.15, -0.1) is 0 Å². The lowest BCUT2D eigenvalue weighted by Gasteiger charge is -2.27. The number of fused-ring (bicyclic) bond motifs is 1. The lowest BCUT2D eigenvalue weighted by atomic mass is 10.0. The zero-order chi connectivity index (χ0) is 13.1. The average molecular weight is 250 g/mol. The maximum atomic E-state index is 8.79. The first kappa shape index (κ1) is 11.6. The van der Waals surface area contributed by atoms with Gasteiger partial charge in [0.2, 0.25) is 0 Å². The topological polar surface area (TPSA) is 45.0 Å². The van der Waals surface area contributed by atoms with Crippen molar-refractivity contribution in [3.8, 4) is 11.8 Å². The molecule has 0 spiro atoms. The fourth-order valence-corrected chi connectivity index (χ4v) is 2.33. The van der Waals surface area contributed by atoms with E-state index in [1.54, 1.807) is 0 Å². The molecule has 0 fully saturated rings. The summed E-state index contributed by atoms with van der Waals surface area (Å²) >= 11 is 0. The molecule has 1 unspecified atom stereocenters. The van der Waals surface area contributed by atoms with Crippen LogP contribution in [0.15, 0.2) is 48.5 Å². The number of para-hydroxylation sites is 1. The van der Waals surface area contributed by atoms with Crippen molar-refractivity contribution in [1.82, 2.24) is 0 Å². The number of nitrogens with zero attached hydrogens (tertiary/aromatic N) is 1. The Kier molecular flexibility index (Phi) is 3.07. The van der Waals surface area contributed by atoms with Crippen molar-refractivity contribution < 1.29 is 4.74 Å². The summed E-state index contributed by atoms with van der Waals surface area (Å²) in [7, 11) is 0. The Morgan fingerprint density at radius 2 is 1.89 bits per heavy atom. The second-order valence-corrected chi connectivity index (χ2v) is 4.56. The summed E-state index contributed by atoms with van der Waals surface area (Å²) in [4.78, 5) is 0. The number of nitriles is 1. The Hall–Kier alpha value is -2.47. The number of hydrogen-bond acceptors (Lipinski definition) is 3. The van der Waals surface area contributed by atoms with Crippen LogP contribution in [0.1, 0.15) is 23.6 Å². The van der Waals surface area contributed by atoms with Crippen LogP contribution in [-0.4, -0.2) is 6.61 Å². The first-order valence-electron chi connectivity index (χ1n) is 6.35. The molecule has 0 saturated heterocycles. The highest BCUT2D eigenvalue weighted by atomic mass is 16.5. The lowest BCUT2D eigenvalue weighted by molar-refractivity contribution is 0.274. The van der Waals surface area contributed by atoms with E-state index in [0.29, 0.717) is 5.56 Å². The van der Waals surface area contributed by atoms with Crippen molar-refractivity contribution in [2.24, 2.45) is 0 Å². The quantitative estimate of drug-likeness (QED) is 0.887. The Morgan fingerprint density at radius 3 is 2.68 bits per heavy atom. The third-order valence-corrected chi connectivity index (χ3v) is 3.31. The molecule has 0 aromatic heterocycles. The molecule has 1 aliphatic rings. The number of benzene rings is 2. The van der Waals surface area contributed by atoms with Crippen LogP contribution in [-0.2, 0) is 0 Å². The van der Waals surface area contributed by atoms with Gasteiger partial charge in [-0.1, -0.05) is 18.2 Å². The van der Waals surface area contributed by atoms with Gasteiger partial charge in [-0.05, 0) is 30.3 Å². The molecule has 94 valence electrons. The monoisotopic (exact) mass is 250 g/mol. The second-order valence-electron chi connectivity index (χ2n) is 4.56. The molecule has 2 aromatic carbocycles.